The molecule has 1 aromatic rings. The molecule has 0 aromatic carbocycles. The highest BCUT2D eigenvalue weighted by Crippen LogP contribution is 2.18. The number of aliphatic carboxylic acids is 1. The normalized spacial score (nSPS) is 13.8. The van der Waals surface area contributed by atoms with Gasteiger partial charge < -0.3 is 15.7 Å². The van der Waals surface area contributed by atoms with Crippen LogP contribution in [-0.2, 0) is 4.79 Å². The number of carbonyl (C=O) groups excluding carboxylic acids is 1. The number of carbonyl (C=O) groups is 2. The lowest BCUT2D eigenvalue weighted by atomic mass is 10.0. The van der Waals surface area contributed by atoms with E-state index in [9.17, 15) is 9.59 Å². The highest BCUT2D eigenvalue weighted by molar-refractivity contribution is 7.11. The second-order valence-electron chi connectivity index (χ2n) is 5.17. The van der Waals surface area contributed by atoms with E-state index in [1.54, 1.807) is 6.20 Å². The van der Waals surface area contributed by atoms with Gasteiger partial charge in [0.05, 0.1) is 6.04 Å². The fraction of sp³-hybridized carbons (Fsp3) is 0.615. The number of rotatable bonds is 6. The van der Waals surface area contributed by atoms with Crippen molar-refractivity contribution in [2.24, 2.45) is 5.92 Å². The average molecular weight is 299 g/mol. The number of carboxylic acids is 1. The van der Waals surface area contributed by atoms with Crippen molar-refractivity contribution in [1.82, 2.24) is 15.6 Å². The lowest BCUT2D eigenvalue weighted by Gasteiger charge is -2.18. The van der Waals surface area contributed by atoms with E-state index in [1.165, 1.54) is 11.3 Å². The Morgan fingerprint density at radius 2 is 2.00 bits per heavy atom. The zero-order valence-electron chi connectivity index (χ0n) is 12.1. The summed E-state index contributed by atoms with van der Waals surface area (Å²) >= 11 is 1.50. The Morgan fingerprint density at radius 3 is 2.45 bits per heavy atom. The van der Waals surface area contributed by atoms with E-state index >= 15 is 0 Å². The van der Waals surface area contributed by atoms with Crippen LogP contribution >= 0.6 is 11.3 Å². The van der Waals surface area contributed by atoms with Gasteiger partial charge in [0.2, 0.25) is 0 Å². The fourth-order valence-corrected chi connectivity index (χ4v) is 2.50. The van der Waals surface area contributed by atoms with E-state index in [2.05, 4.69) is 15.6 Å². The summed E-state index contributed by atoms with van der Waals surface area (Å²) in [5, 5.41) is 15.1. The van der Waals surface area contributed by atoms with Crippen LogP contribution in [-0.4, -0.2) is 28.1 Å². The second-order valence-corrected chi connectivity index (χ2v) is 6.44. The molecule has 0 saturated heterocycles. The van der Waals surface area contributed by atoms with Gasteiger partial charge in [0.1, 0.15) is 11.0 Å². The lowest BCUT2D eigenvalue weighted by Crippen LogP contribution is -2.47. The maximum atomic E-state index is 11.8. The third kappa shape index (κ3) is 5.16. The molecule has 0 aliphatic heterocycles. The number of hydrogen-bond donors (Lipinski definition) is 3. The van der Waals surface area contributed by atoms with Gasteiger partial charge in [0, 0.05) is 11.1 Å². The van der Waals surface area contributed by atoms with E-state index < -0.39 is 18.0 Å². The summed E-state index contributed by atoms with van der Waals surface area (Å²) < 4.78 is 0. The summed E-state index contributed by atoms with van der Waals surface area (Å²) in [4.78, 5) is 28.2. The monoisotopic (exact) mass is 299 g/mol. The molecular formula is C13H21N3O3S. The number of aryl methyl sites for hydroxylation is 1. The van der Waals surface area contributed by atoms with Crippen LogP contribution in [0.15, 0.2) is 6.20 Å². The van der Waals surface area contributed by atoms with Crippen LogP contribution in [0.4, 0.5) is 4.79 Å². The minimum Gasteiger partial charge on any atom is -0.480 e. The van der Waals surface area contributed by atoms with Gasteiger partial charge in [-0.25, -0.2) is 14.6 Å². The maximum Gasteiger partial charge on any atom is 0.326 e. The molecule has 6 nitrogen and oxygen atoms in total. The minimum atomic E-state index is -1.02. The van der Waals surface area contributed by atoms with E-state index in [0.29, 0.717) is 6.42 Å². The Morgan fingerprint density at radius 1 is 1.35 bits per heavy atom. The minimum absolute atomic E-state index is 0.190. The van der Waals surface area contributed by atoms with Crippen molar-refractivity contribution >= 4 is 23.3 Å². The molecule has 0 bridgehead atoms. The number of urea groups is 1. The maximum absolute atomic E-state index is 11.8. The molecule has 7 heteroatoms. The highest BCUT2D eigenvalue weighted by Gasteiger charge is 2.22. The zero-order chi connectivity index (χ0) is 15.3. The summed E-state index contributed by atoms with van der Waals surface area (Å²) in [7, 11) is 0. The Kier molecular flexibility index (Phi) is 5.94. The first-order chi connectivity index (χ1) is 9.29. The van der Waals surface area contributed by atoms with Crippen LogP contribution in [0.25, 0.3) is 0 Å². The molecule has 2 atom stereocenters. The van der Waals surface area contributed by atoms with Crippen LogP contribution in [0, 0.1) is 12.8 Å². The van der Waals surface area contributed by atoms with Gasteiger partial charge in [-0.3, -0.25) is 0 Å². The lowest BCUT2D eigenvalue weighted by molar-refractivity contribution is -0.139. The number of nitrogens with one attached hydrogen (secondary N) is 2. The summed E-state index contributed by atoms with van der Waals surface area (Å²) in [5.74, 6) is -0.831. The van der Waals surface area contributed by atoms with Crippen molar-refractivity contribution < 1.29 is 14.7 Å². The van der Waals surface area contributed by atoms with Crippen molar-refractivity contribution in [1.29, 1.82) is 0 Å². The first kappa shape index (κ1) is 16.4. The van der Waals surface area contributed by atoms with Gasteiger partial charge in [0.25, 0.3) is 0 Å². The Hall–Kier alpha value is -1.63. The highest BCUT2D eigenvalue weighted by atomic mass is 32.1. The Balaban J connectivity index is 2.55. The van der Waals surface area contributed by atoms with Crippen LogP contribution in [0.2, 0.25) is 0 Å². The summed E-state index contributed by atoms with van der Waals surface area (Å²) in [5.41, 5.74) is 0. The van der Waals surface area contributed by atoms with Gasteiger partial charge in [-0.15, -0.1) is 11.3 Å². The van der Waals surface area contributed by atoms with Crippen molar-refractivity contribution in [2.75, 3.05) is 0 Å². The molecular weight excluding hydrogens is 278 g/mol. The molecule has 20 heavy (non-hydrogen) atoms. The molecule has 1 heterocycles. The van der Waals surface area contributed by atoms with Crippen molar-refractivity contribution in [2.45, 2.75) is 46.2 Å². The number of carboxylic acid groups (broad SMARTS) is 1. The van der Waals surface area contributed by atoms with Crippen LogP contribution < -0.4 is 10.6 Å². The summed E-state index contributed by atoms with van der Waals surface area (Å²) in [6, 6.07) is -1.61. The molecule has 1 aromatic heterocycles. The average Bonchev–Trinajstić information content (AvgIpc) is 2.74. The molecule has 1 rings (SSSR count). The third-order valence-corrected chi connectivity index (χ3v) is 3.76. The smallest absolute Gasteiger partial charge is 0.326 e. The van der Waals surface area contributed by atoms with Crippen LogP contribution in [0.1, 0.15) is 43.1 Å². The second kappa shape index (κ2) is 7.23. The van der Waals surface area contributed by atoms with Crippen molar-refractivity contribution in [3.63, 3.8) is 0 Å². The van der Waals surface area contributed by atoms with Crippen LogP contribution in [0.5, 0.6) is 0 Å². The predicted molar refractivity (Wildman–Crippen MR) is 77.8 cm³/mol. The number of amides is 2. The van der Waals surface area contributed by atoms with E-state index in [1.807, 2.05) is 27.7 Å². The number of nitrogens with zero attached hydrogens (tertiary/aromatic N) is 1. The van der Waals surface area contributed by atoms with E-state index in [4.69, 9.17) is 5.11 Å². The zero-order valence-corrected chi connectivity index (χ0v) is 13.0. The molecule has 1 unspecified atom stereocenters. The molecule has 0 radical (unpaired) electrons. The number of thiazole rings is 1. The Labute approximate surface area is 122 Å². The SMILES string of the molecule is Cc1cnc(C(C)NC(=O)N[C@H](CC(C)C)C(=O)O)s1. The fourth-order valence-electron chi connectivity index (χ4n) is 1.72. The van der Waals surface area contributed by atoms with Gasteiger partial charge in [-0.05, 0) is 26.2 Å². The van der Waals surface area contributed by atoms with E-state index in [0.717, 1.165) is 9.88 Å². The first-order valence-corrected chi connectivity index (χ1v) is 7.33. The molecule has 0 aliphatic rings. The molecule has 3 N–H and O–H groups in total. The van der Waals surface area contributed by atoms with Gasteiger partial charge in [0.15, 0.2) is 0 Å². The quantitative estimate of drug-likeness (QED) is 0.751. The Bertz CT molecular complexity index is 473. The first-order valence-electron chi connectivity index (χ1n) is 6.51. The van der Waals surface area contributed by atoms with Crippen molar-refractivity contribution in [3.05, 3.63) is 16.1 Å². The summed E-state index contributed by atoms with van der Waals surface area (Å²) in [6.45, 7) is 7.58. The summed E-state index contributed by atoms with van der Waals surface area (Å²) in [6.07, 6.45) is 2.14. The molecule has 112 valence electrons. The molecule has 0 fully saturated rings. The number of hydrogen-bond acceptors (Lipinski definition) is 4. The number of aromatic nitrogens is 1. The van der Waals surface area contributed by atoms with E-state index in [-0.39, 0.29) is 12.0 Å². The molecule has 0 aliphatic carbocycles. The molecule has 2 amide bonds. The largest absolute Gasteiger partial charge is 0.480 e. The predicted octanol–water partition coefficient (Wildman–Crippen LogP) is 2.31. The third-order valence-electron chi connectivity index (χ3n) is 2.67. The van der Waals surface area contributed by atoms with Gasteiger partial charge in [-0.2, -0.15) is 0 Å². The standard InChI is InChI=1S/C13H21N3O3S/c1-7(2)5-10(12(17)18)16-13(19)15-9(4)11-14-6-8(3)20-11/h6-7,9-10H,5H2,1-4H3,(H,17,18)(H2,15,16,19)/t9?,10-/m1/s1. The van der Waals surface area contributed by atoms with Crippen molar-refractivity contribution in [3.8, 4) is 0 Å². The molecule has 0 spiro atoms. The molecule has 0 saturated carbocycles. The van der Waals surface area contributed by atoms with Crippen LogP contribution in [0.3, 0.4) is 0 Å². The van der Waals surface area contributed by atoms with Gasteiger partial charge >= 0.3 is 12.0 Å². The topological polar surface area (TPSA) is 91.3 Å². The van der Waals surface area contributed by atoms with Gasteiger partial charge in [-0.1, -0.05) is 13.8 Å².